The number of primary amides is 1. The third kappa shape index (κ3) is 1.39. The smallest absolute Gasteiger partial charge is 0.384 e. The Hall–Kier alpha value is -0.780. The number of alkyl halides is 3. The van der Waals surface area contributed by atoms with Gasteiger partial charge in [0.2, 0.25) is 5.91 Å². The Morgan fingerprint density at radius 3 is 2.46 bits per heavy atom. The van der Waals surface area contributed by atoms with Crippen molar-refractivity contribution in [3.8, 4) is 0 Å². The fraction of sp³-hybridized carbons (Fsp3) is 0.857. The van der Waals surface area contributed by atoms with E-state index in [2.05, 4.69) is 4.74 Å². The van der Waals surface area contributed by atoms with E-state index in [9.17, 15) is 18.0 Å². The molecule has 13 heavy (non-hydrogen) atoms. The highest BCUT2D eigenvalue weighted by molar-refractivity contribution is 5.85. The first-order valence-electron chi connectivity index (χ1n) is 3.72. The van der Waals surface area contributed by atoms with E-state index in [4.69, 9.17) is 5.73 Å². The lowest BCUT2D eigenvalue weighted by Crippen LogP contribution is -2.40. The lowest BCUT2D eigenvalue weighted by Gasteiger charge is -2.16. The quantitative estimate of drug-likeness (QED) is 0.723. The van der Waals surface area contributed by atoms with E-state index in [0.29, 0.717) is 0 Å². The topological polar surface area (TPSA) is 52.3 Å². The Bertz CT molecular complexity index is 228. The third-order valence-corrected chi connectivity index (χ3v) is 2.42. The highest BCUT2D eigenvalue weighted by Crippen LogP contribution is 2.62. The molecule has 1 aliphatic carbocycles. The molecule has 0 saturated heterocycles. The van der Waals surface area contributed by atoms with Crippen molar-refractivity contribution < 1.29 is 22.7 Å². The van der Waals surface area contributed by atoms with Gasteiger partial charge in [-0.15, -0.1) is 0 Å². The maximum Gasteiger partial charge on any atom is 0.403 e. The van der Waals surface area contributed by atoms with E-state index in [-0.39, 0.29) is 13.0 Å². The monoisotopic (exact) mass is 197 g/mol. The molecular weight excluding hydrogens is 187 g/mol. The molecule has 1 saturated carbocycles. The molecular formula is C7H10F3NO2. The molecule has 1 aliphatic rings. The van der Waals surface area contributed by atoms with E-state index in [1.165, 1.54) is 7.11 Å². The van der Waals surface area contributed by atoms with Crippen LogP contribution in [0.25, 0.3) is 0 Å². The molecule has 2 unspecified atom stereocenters. The van der Waals surface area contributed by atoms with Crippen molar-refractivity contribution in [2.45, 2.75) is 12.6 Å². The number of rotatable bonds is 3. The molecule has 1 amide bonds. The first-order valence-corrected chi connectivity index (χ1v) is 3.72. The lowest BCUT2D eigenvalue weighted by atomic mass is 10.0. The molecule has 6 heteroatoms. The molecule has 1 rings (SSSR count). The van der Waals surface area contributed by atoms with Crippen LogP contribution < -0.4 is 5.73 Å². The van der Waals surface area contributed by atoms with Crippen molar-refractivity contribution in [2.75, 3.05) is 13.7 Å². The fourth-order valence-electron chi connectivity index (χ4n) is 1.52. The number of carbonyl (C=O) groups is 1. The lowest BCUT2D eigenvalue weighted by molar-refractivity contribution is -0.195. The van der Waals surface area contributed by atoms with Gasteiger partial charge in [0.15, 0.2) is 0 Å². The van der Waals surface area contributed by atoms with E-state index in [1.54, 1.807) is 0 Å². The summed E-state index contributed by atoms with van der Waals surface area (Å²) in [4.78, 5) is 10.7. The SMILES string of the molecule is COCC1CC1(C(N)=O)C(F)(F)F. The molecule has 0 aromatic rings. The zero-order valence-electron chi connectivity index (χ0n) is 7.02. The number of ether oxygens (including phenoxy) is 1. The van der Waals surface area contributed by atoms with Gasteiger partial charge >= 0.3 is 6.18 Å². The minimum atomic E-state index is -4.55. The molecule has 0 bridgehead atoms. The zero-order valence-corrected chi connectivity index (χ0v) is 7.02. The van der Waals surface area contributed by atoms with Crippen LogP contribution in [-0.2, 0) is 9.53 Å². The second-order valence-corrected chi connectivity index (χ2v) is 3.19. The van der Waals surface area contributed by atoms with Crippen LogP contribution in [0.4, 0.5) is 13.2 Å². The van der Waals surface area contributed by atoms with Crippen LogP contribution in [-0.4, -0.2) is 25.8 Å². The summed E-state index contributed by atoms with van der Waals surface area (Å²) in [6, 6.07) is 0. The average Bonchev–Trinajstić information content (AvgIpc) is 2.62. The summed E-state index contributed by atoms with van der Waals surface area (Å²) in [6.45, 7) is -0.0809. The maximum absolute atomic E-state index is 12.4. The van der Waals surface area contributed by atoms with Gasteiger partial charge in [0.25, 0.3) is 0 Å². The van der Waals surface area contributed by atoms with Crippen molar-refractivity contribution in [1.29, 1.82) is 0 Å². The molecule has 0 heterocycles. The van der Waals surface area contributed by atoms with Crippen LogP contribution in [0.3, 0.4) is 0 Å². The van der Waals surface area contributed by atoms with Gasteiger partial charge in [-0.25, -0.2) is 0 Å². The molecule has 2 N–H and O–H groups in total. The van der Waals surface area contributed by atoms with Crippen LogP contribution in [0, 0.1) is 11.3 Å². The summed E-state index contributed by atoms with van der Waals surface area (Å²) >= 11 is 0. The summed E-state index contributed by atoms with van der Waals surface area (Å²) in [5.74, 6) is -2.11. The van der Waals surface area contributed by atoms with E-state index in [0.717, 1.165) is 0 Å². The molecule has 2 atom stereocenters. The second kappa shape index (κ2) is 2.87. The van der Waals surface area contributed by atoms with Crippen molar-refractivity contribution in [3.63, 3.8) is 0 Å². The van der Waals surface area contributed by atoms with Gasteiger partial charge in [-0.2, -0.15) is 13.2 Å². The number of hydrogen-bond acceptors (Lipinski definition) is 2. The number of amides is 1. The Balaban J connectivity index is 2.78. The Kier molecular flexibility index (Phi) is 2.27. The van der Waals surface area contributed by atoms with Crippen LogP contribution in [0.15, 0.2) is 0 Å². The molecule has 0 aromatic carbocycles. The van der Waals surface area contributed by atoms with Crippen molar-refractivity contribution in [2.24, 2.45) is 17.1 Å². The van der Waals surface area contributed by atoms with Gasteiger partial charge in [-0.1, -0.05) is 0 Å². The van der Waals surface area contributed by atoms with Crippen molar-refractivity contribution in [1.82, 2.24) is 0 Å². The third-order valence-electron chi connectivity index (χ3n) is 2.42. The first-order chi connectivity index (χ1) is 5.86. The molecule has 0 spiro atoms. The standard InChI is InChI=1S/C7H10F3NO2/c1-13-3-4-2-6(4,5(11)12)7(8,9)10/h4H,2-3H2,1H3,(H2,11,12). The summed E-state index contributed by atoms with van der Waals surface area (Å²) in [5.41, 5.74) is 2.39. The molecule has 0 aliphatic heterocycles. The van der Waals surface area contributed by atoms with Crippen molar-refractivity contribution in [3.05, 3.63) is 0 Å². The van der Waals surface area contributed by atoms with Gasteiger partial charge in [0.1, 0.15) is 5.41 Å². The molecule has 3 nitrogen and oxygen atoms in total. The first kappa shape index (κ1) is 10.3. The van der Waals surface area contributed by atoms with Crippen LogP contribution >= 0.6 is 0 Å². The normalized spacial score (nSPS) is 33.1. The van der Waals surface area contributed by atoms with Crippen LogP contribution in [0.5, 0.6) is 0 Å². The number of methoxy groups -OCH3 is 1. The molecule has 76 valence electrons. The van der Waals surface area contributed by atoms with Gasteiger partial charge in [0, 0.05) is 13.0 Å². The number of nitrogens with two attached hydrogens (primary N) is 1. The average molecular weight is 197 g/mol. The molecule has 0 aromatic heterocycles. The minimum Gasteiger partial charge on any atom is -0.384 e. The highest BCUT2D eigenvalue weighted by Gasteiger charge is 2.74. The summed E-state index contributed by atoms with van der Waals surface area (Å²) in [6.07, 6.45) is -4.80. The fourth-order valence-corrected chi connectivity index (χ4v) is 1.52. The van der Waals surface area contributed by atoms with Gasteiger partial charge < -0.3 is 10.5 Å². The minimum absolute atomic E-state index is 0.0809. The summed E-state index contributed by atoms with van der Waals surface area (Å²) < 4.78 is 41.6. The largest absolute Gasteiger partial charge is 0.403 e. The Labute approximate surface area is 73.0 Å². The van der Waals surface area contributed by atoms with Crippen molar-refractivity contribution >= 4 is 5.91 Å². The summed E-state index contributed by atoms with van der Waals surface area (Å²) in [7, 11) is 1.29. The highest BCUT2D eigenvalue weighted by atomic mass is 19.4. The molecule has 0 radical (unpaired) electrons. The van der Waals surface area contributed by atoms with Gasteiger partial charge in [-0.3, -0.25) is 4.79 Å². The van der Waals surface area contributed by atoms with Crippen LogP contribution in [0.2, 0.25) is 0 Å². The van der Waals surface area contributed by atoms with Gasteiger partial charge in [0.05, 0.1) is 6.61 Å². The zero-order chi connectivity index (χ0) is 10.3. The van der Waals surface area contributed by atoms with E-state index >= 15 is 0 Å². The number of carbonyl (C=O) groups excluding carboxylic acids is 1. The second-order valence-electron chi connectivity index (χ2n) is 3.19. The number of halogens is 3. The van der Waals surface area contributed by atoms with E-state index in [1.807, 2.05) is 0 Å². The van der Waals surface area contributed by atoms with Gasteiger partial charge in [-0.05, 0) is 6.42 Å². The Morgan fingerprint density at radius 1 is 1.69 bits per heavy atom. The van der Waals surface area contributed by atoms with Crippen LogP contribution in [0.1, 0.15) is 6.42 Å². The summed E-state index contributed by atoms with van der Waals surface area (Å²) in [5, 5.41) is 0. The predicted molar refractivity (Wildman–Crippen MR) is 37.7 cm³/mol. The van der Waals surface area contributed by atoms with E-state index < -0.39 is 23.4 Å². The number of hydrogen-bond donors (Lipinski definition) is 1. The maximum atomic E-state index is 12.4. The Morgan fingerprint density at radius 2 is 2.23 bits per heavy atom. The molecule has 1 fully saturated rings. The predicted octanol–water partition coefficient (Wildman–Crippen LogP) is 0.687.